The van der Waals surface area contributed by atoms with Gasteiger partial charge >= 0.3 is 0 Å². The summed E-state index contributed by atoms with van der Waals surface area (Å²) in [6, 6.07) is 8.15. The number of quaternary nitrogens is 1. The molecule has 1 aromatic carbocycles. The van der Waals surface area contributed by atoms with E-state index in [1.807, 2.05) is 13.8 Å². The summed E-state index contributed by atoms with van der Waals surface area (Å²) >= 11 is 0. The molecule has 0 unspecified atom stereocenters. The van der Waals surface area contributed by atoms with Gasteiger partial charge in [-0.3, -0.25) is 14.6 Å². The molecule has 3 rings (SSSR count). The molecular weight excluding hydrogens is 373 g/mol. The van der Waals surface area contributed by atoms with Gasteiger partial charge in [-0.2, -0.15) is 0 Å². The predicted molar refractivity (Wildman–Crippen MR) is 107 cm³/mol. The third-order valence-corrected chi connectivity index (χ3v) is 5.40. The molecule has 1 aromatic heterocycles. The third-order valence-electron chi connectivity index (χ3n) is 5.40. The number of halogens is 1. The van der Waals surface area contributed by atoms with Crippen LogP contribution in [0.1, 0.15) is 31.0 Å². The summed E-state index contributed by atoms with van der Waals surface area (Å²) in [6.07, 6.45) is 2.96. The highest BCUT2D eigenvalue weighted by Gasteiger charge is 2.47. The van der Waals surface area contributed by atoms with Gasteiger partial charge in [0.15, 0.2) is 0 Å². The van der Waals surface area contributed by atoms with Crippen LogP contribution in [0.4, 0.5) is 4.39 Å². The molecule has 2 aromatic rings. The van der Waals surface area contributed by atoms with E-state index in [4.69, 9.17) is 0 Å². The first kappa shape index (κ1) is 20.7. The number of likely N-dealkylation sites (N-methyl/N-ethyl adjacent to an activating group) is 1. The number of rotatable bonds is 7. The zero-order valence-corrected chi connectivity index (χ0v) is 16.6. The molecule has 0 aliphatic carbocycles. The van der Waals surface area contributed by atoms with Crippen molar-refractivity contribution >= 4 is 17.4 Å². The minimum atomic E-state index is -0.973. The number of carbonyl (C=O) groups is 2. The number of Topliss-reactive ketones (excluding diaryl/α,β-unsaturated/α-hetero) is 1. The molecule has 2 heterocycles. The summed E-state index contributed by atoms with van der Waals surface area (Å²) in [7, 11) is 0. The molecule has 0 radical (unpaired) electrons. The van der Waals surface area contributed by atoms with Crippen LogP contribution in [0.15, 0.2) is 54.4 Å². The summed E-state index contributed by atoms with van der Waals surface area (Å²) in [5, 5.41) is 10.8. The van der Waals surface area contributed by atoms with Gasteiger partial charge in [0, 0.05) is 23.5 Å². The van der Waals surface area contributed by atoms with Crippen molar-refractivity contribution in [1.29, 1.82) is 0 Å². The molecule has 6 nitrogen and oxygen atoms in total. The Hall–Kier alpha value is -3.06. The third kappa shape index (κ3) is 4.05. The lowest BCUT2D eigenvalue weighted by Crippen LogP contribution is -3.12. The van der Waals surface area contributed by atoms with E-state index >= 15 is 0 Å². The van der Waals surface area contributed by atoms with E-state index in [1.54, 1.807) is 30.3 Å². The number of nitrogens with zero attached hydrogens (tertiary/aromatic N) is 2. The van der Waals surface area contributed by atoms with Gasteiger partial charge in [-0.1, -0.05) is 18.2 Å². The largest absolute Gasteiger partial charge is 0.507 e. The first-order chi connectivity index (χ1) is 14.0. The SMILES string of the molecule is CC[NH+](CC)CCN1C(=O)C(=O)/C(=C(\O)c2ccncc2)[C@@H]1c1ccccc1F. The number of likely N-dealkylation sites (tertiary alicyclic amines) is 1. The molecule has 2 N–H and O–H groups in total. The molecule has 7 heteroatoms. The predicted octanol–water partition coefficient (Wildman–Crippen LogP) is 1.57. The zero-order chi connectivity index (χ0) is 21.0. The van der Waals surface area contributed by atoms with Gasteiger partial charge in [0.2, 0.25) is 0 Å². The number of aliphatic hydroxyl groups excluding tert-OH is 1. The van der Waals surface area contributed by atoms with Crippen LogP contribution in [0.25, 0.3) is 5.76 Å². The lowest BCUT2D eigenvalue weighted by Gasteiger charge is -2.27. The van der Waals surface area contributed by atoms with Crippen LogP contribution in [-0.2, 0) is 9.59 Å². The van der Waals surface area contributed by atoms with Crippen molar-refractivity contribution in [3.63, 3.8) is 0 Å². The number of benzene rings is 1. The highest BCUT2D eigenvalue weighted by molar-refractivity contribution is 6.46. The van der Waals surface area contributed by atoms with Crippen molar-refractivity contribution in [2.75, 3.05) is 26.2 Å². The molecule has 0 saturated carbocycles. The van der Waals surface area contributed by atoms with E-state index in [0.29, 0.717) is 12.1 Å². The van der Waals surface area contributed by atoms with Crippen molar-refractivity contribution in [2.45, 2.75) is 19.9 Å². The molecule has 152 valence electrons. The Morgan fingerprint density at radius 2 is 1.79 bits per heavy atom. The van der Waals surface area contributed by atoms with E-state index < -0.39 is 23.5 Å². The molecule has 1 aliphatic heterocycles. The molecule has 1 atom stereocenters. The average molecular weight is 398 g/mol. The van der Waals surface area contributed by atoms with E-state index in [-0.39, 0.29) is 23.4 Å². The normalized spacial score (nSPS) is 18.6. The molecular formula is C22H25FN3O3+. The van der Waals surface area contributed by atoms with E-state index in [1.165, 1.54) is 28.3 Å². The average Bonchev–Trinajstić information content (AvgIpc) is 2.99. The Morgan fingerprint density at radius 3 is 2.41 bits per heavy atom. The van der Waals surface area contributed by atoms with Gasteiger partial charge in [-0.05, 0) is 32.0 Å². The van der Waals surface area contributed by atoms with Crippen LogP contribution < -0.4 is 4.90 Å². The van der Waals surface area contributed by atoms with E-state index in [0.717, 1.165) is 13.1 Å². The Balaban J connectivity index is 2.11. The quantitative estimate of drug-likeness (QED) is 0.422. The van der Waals surface area contributed by atoms with Crippen molar-refractivity contribution in [2.24, 2.45) is 0 Å². The van der Waals surface area contributed by atoms with Crippen LogP contribution in [0.5, 0.6) is 0 Å². The van der Waals surface area contributed by atoms with Crippen molar-refractivity contribution < 1.29 is 24.0 Å². The number of pyridine rings is 1. The van der Waals surface area contributed by atoms with Gasteiger partial charge in [0.1, 0.15) is 11.6 Å². The number of nitrogens with one attached hydrogen (secondary N) is 1. The van der Waals surface area contributed by atoms with Crippen molar-refractivity contribution in [3.05, 3.63) is 71.3 Å². The molecule has 0 bridgehead atoms. The van der Waals surface area contributed by atoms with E-state index in [9.17, 15) is 19.1 Å². The van der Waals surface area contributed by atoms with Crippen LogP contribution in [0.2, 0.25) is 0 Å². The minimum absolute atomic E-state index is 0.0964. The maximum Gasteiger partial charge on any atom is 0.295 e. The lowest BCUT2D eigenvalue weighted by molar-refractivity contribution is -0.895. The van der Waals surface area contributed by atoms with Crippen molar-refractivity contribution in [3.8, 4) is 0 Å². The topological polar surface area (TPSA) is 74.9 Å². The minimum Gasteiger partial charge on any atom is -0.507 e. The summed E-state index contributed by atoms with van der Waals surface area (Å²) in [5.74, 6) is -2.38. The smallest absolute Gasteiger partial charge is 0.295 e. The van der Waals surface area contributed by atoms with Gasteiger partial charge in [0.05, 0.1) is 37.8 Å². The Morgan fingerprint density at radius 1 is 1.14 bits per heavy atom. The molecule has 1 aliphatic rings. The second-order valence-corrected chi connectivity index (χ2v) is 6.96. The second kappa shape index (κ2) is 8.96. The Bertz CT molecular complexity index is 926. The fraction of sp³-hybridized carbons (Fsp3) is 0.318. The van der Waals surface area contributed by atoms with Gasteiger partial charge in [-0.15, -0.1) is 0 Å². The maximum atomic E-state index is 14.7. The highest BCUT2D eigenvalue weighted by Crippen LogP contribution is 2.39. The van der Waals surface area contributed by atoms with Gasteiger partial charge < -0.3 is 14.9 Å². The van der Waals surface area contributed by atoms with Crippen LogP contribution in [0, 0.1) is 5.82 Å². The Labute approximate surface area is 169 Å². The number of hydrogen-bond donors (Lipinski definition) is 2. The zero-order valence-electron chi connectivity index (χ0n) is 16.6. The number of amides is 1. The molecule has 1 amide bonds. The first-order valence-electron chi connectivity index (χ1n) is 9.76. The van der Waals surface area contributed by atoms with Crippen LogP contribution in [0.3, 0.4) is 0 Å². The fourth-order valence-electron chi connectivity index (χ4n) is 3.68. The maximum absolute atomic E-state index is 14.7. The number of hydrogen-bond acceptors (Lipinski definition) is 4. The summed E-state index contributed by atoms with van der Waals surface area (Å²) < 4.78 is 14.7. The summed E-state index contributed by atoms with van der Waals surface area (Å²) in [5.41, 5.74) is 0.450. The van der Waals surface area contributed by atoms with Crippen LogP contribution >= 0.6 is 0 Å². The second-order valence-electron chi connectivity index (χ2n) is 6.96. The number of ketones is 1. The number of aliphatic hydroxyl groups is 1. The number of aromatic nitrogens is 1. The van der Waals surface area contributed by atoms with E-state index in [2.05, 4.69) is 4.98 Å². The standard InChI is InChI=1S/C22H24FN3O3/c1-3-25(4-2)13-14-26-19(16-7-5-6-8-17(16)23)18(21(28)22(26)29)20(27)15-9-11-24-12-10-15/h5-12,19,27H,3-4,13-14H2,1-2H3/p+1/b20-18-/t19-/m0/s1. The van der Waals surface area contributed by atoms with Crippen LogP contribution in [-0.4, -0.2) is 52.9 Å². The Kier molecular flexibility index (Phi) is 6.39. The highest BCUT2D eigenvalue weighted by atomic mass is 19.1. The number of carbonyl (C=O) groups excluding carboxylic acids is 2. The first-order valence-corrected chi connectivity index (χ1v) is 9.76. The van der Waals surface area contributed by atoms with Gasteiger partial charge in [-0.25, -0.2) is 4.39 Å². The molecule has 29 heavy (non-hydrogen) atoms. The van der Waals surface area contributed by atoms with Gasteiger partial charge in [0.25, 0.3) is 11.7 Å². The lowest BCUT2D eigenvalue weighted by atomic mass is 9.95. The molecule has 0 spiro atoms. The monoisotopic (exact) mass is 398 g/mol. The molecule has 1 fully saturated rings. The molecule has 1 saturated heterocycles. The fourth-order valence-corrected chi connectivity index (χ4v) is 3.68. The summed E-state index contributed by atoms with van der Waals surface area (Å²) in [6.45, 7) is 6.76. The van der Waals surface area contributed by atoms with Crippen molar-refractivity contribution in [1.82, 2.24) is 9.88 Å². The summed E-state index contributed by atoms with van der Waals surface area (Å²) in [4.78, 5) is 32.2.